The fourth-order valence-electron chi connectivity index (χ4n) is 5.29. The number of likely N-dealkylation sites (tertiary alicyclic amines) is 1. The van der Waals surface area contributed by atoms with Gasteiger partial charge in [-0.3, -0.25) is 9.59 Å². The predicted molar refractivity (Wildman–Crippen MR) is 148 cm³/mol. The minimum Gasteiger partial charge on any atom is -0.489 e. The van der Waals surface area contributed by atoms with Gasteiger partial charge in [-0.15, -0.1) is 0 Å². The molecule has 1 aromatic heterocycles. The van der Waals surface area contributed by atoms with Crippen molar-refractivity contribution < 1.29 is 19.1 Å². The first-order valence-corrected chi connectivity index (χ1v) is 13.4. The highest BCUT2D eigenvalue weighted by molar-refractivity contribution is 5.86. The number of para-hydroxylation sites is 1. The second kappa shape index (κ2) is 12.0. The number of ether oxygens (including phenoxy) is 2. The number of benzene rings is 3. The van der Waals surface area contributed by atoms with Crippen molar-refractivity contribution in [3.05, 3.63) is 102 Å². The molecule has 38 heavy (non-hydrogen) atoms. The van der Waals surface area contributed by atoms with Crippen LogP contribution in [0.5, 0.6) is 5.75 Å². The molecule has 2 heterocycles. The second-order valence-electron chi connectivity index (χ2n) is 9.82. The van der Waals surface area contributed by atoms with Crippen LogP contribution in [0.15, 0.2) is 85.1 Å². The number of esters is 1. The zero-order valence-corrected chi connectivity index (χ0v) is 21.8. The third kappa shape index (κ3) is 5.91. The normalized spacial score (nSPS) is 16.2. The van der Waals surface area contributed by atoms with Crippen LogP contribution in [0.3, 0.4) is 0 Å². The Kier molecular flexibility index (Phi) is 8.07. The van der Waals surface area contributed by atoms with E-state index in [2.05, 4.69) is 23.2 Å². The fourth-order valence-corrected chi connectivity index (χ4v) is 5.29. The van der Waals surface area contributed by atoms with Gasteiger partial charge < -0.3 is 19.4 Å². The Morgan fingerprint density at radius 1 is 1.00 bits per heavy atom. The topological polar surface area (TPSA) is 71.6 Å². The summed E-state index contributed by atoms with van der Waals surface area (Å²) in [6.45, 7) is 3.76. The number of H-pyrrole nitrogens is 1. The van der Waals surface area contributed by atoms with Gasteiger partial charge in [0.05, 0.1) is 12.5 Å². The van der Waals surface area contributed by atoms with E-state index in [1.165, 1.54) is 0 Å². The van der Waals surface area contributed by atoms with Crippen LogP contribution in [-0.2, 0) is 20.9 Å². The molecule has 0 spiro atoms. The second-order valence-corrected chi connectivity index (χ2v) is 9.82. The maximum absolute atomic E-state index is 13.6. The van der Waals surface area contributed by atoms with E-state index in [-0.39, 0.29) is 23.7 Å². The first-order valence-electron chi connectivity index (χ1n) is 13.4. The fraction of sp³-hybridized carbons (Fsp3) is 0.312. The molecule has 0 radical (unpaired) electrons. The quantitative estimate of drug-likeness (QED) is 0.278. The number of nitrogens with zero attached hydrogens (tertiary/aromatic N) is 1. The summed E-state index contributed by atoms with van der Waals surface area (Å²) in [5.74, 6) is 0.253. The molecule has 1 aliphatic heterocycles. The van der Waals surface area contributed by atoms with Gasteiger partial charge >= 0.3 is 5.97 Å². The predicted octanol–water partition coefficient (Wildman–Crippen LogP) is 6.07. The Hall–Kier alpha value is -4.06. The SMILES string of the molecule is CCOC(=O)C1CCCN(C(=O)CC(c2ccc(OCc3ccccc3)cc2)c2c[nH]c3ccccc23)C1. The van der Waals surface area contributed by atoms with Crippen LogP contribution in [0.4, 0.5) is 0 Å². The summed E-state index contributed by atoms with van der Waals surface area (Å²) in [5, 5.41) is 1.11. The molecule has 1 amide bonds. The number of piperidine rings is 1. The van der Waals surface area contributed by atoms with E-state index in [4.69, 9.17) is 9.47 Å². The van der Waals surface area contributed by atoms with Gasteiger partial charge in [0.15, 0.2) is 0 Å². The van der Waals surface area contributed by atoms with Gasteiger partial charge in [0.25, 0.3) is 0 Å². The number of amides is 1. The molecule has 4 aromatic rings. The largest absolute Gasteiger partial charge is 0.489 e. The van der Waals surface area contributed by atoms with E-state index in [9.17, 15) is 9.59 Å². The van der Waals surface area contributed by atoms with Gasteiger partial charge in [0.2, 0.25) is 5.91 Å². The van der Waals surface area contributed by atoms with Crippen LogP contribution in [0, 0.1) is 5.92 Å². The number of hydrogen-bond donors (Lipinski definition) is 1. The van der Waals surface area contributed by atoms with Crippen LogP contribution in [0.1, 0.15) is 48.8 Å². The Bertz CT molecular complexity index is 1360. The van der Waals surface area contributed by atoms with Gasteiger partial charge in [0.1, 0.15) is 12.4 Å². The maximum Gasteiger partial charge on any atom is 0.310 e. The molecule has 0 saturated carbocycles. The summed E-state index contributed by atoms with van der Waals surface area (Å²) in [7, 11) is 0. The monoisotopic (exact) mass is 510 g/mol. The maximum atomic E-state index is 13.6. The van der Waals surface area contributed by atoms with Crippen molar-refractivity contribution in [1.29, 1.82) is 0 Å². The highest BCUT2D eigenvalue weighted by Crippen LogP contribution is 2.35. The molecule has 0 bridgehead atoms. The molecule has 1 fully saturated rings. The summed E-state index contributed by atoms with van der Waals surface area (Å²) in [6, 6.07) is 26.3. The Balaban J connectivity index is 1.36. The summed E-state index contributed by atoms with van der Waals surface area (Å²) >= 11 is 0. The van der Waals surface area contributed by atoms with Gasteiger partial charge in [-0.05, 0) is 54.7 Å². The van der Waals surface area contributed by atoms with Gasteiger partial charge in [-0.2, -0.15) is 0 Å². The van der Waals surface area contributed by atoms with Crippen molar-refractivity contribution in [1.82, 2.24) is 9.88 Å². The minimum absolute atomic E-state index is 0.0543. The van der Waals surface area contributed by atoms with Crippen molar-refractivity contribution in [3.63, 3.8) is 0 Å². The number of rotatable bonds is 9. The zero-order valence-electron chi connectivity index (χ0n) is 21.8. The highest BCUT2D eigenvalue weighted by atomic mass is 16.5. The number of nitrogens with one attached hydrogen (secondary N) is 1. The lowest BCUT2D eigenvalue weighted by atomic mass is 9.87. The molecule has 2 unspecified atom stereocenters. The van der Waals surface area contributed by atoms with Crippen LogP contribution in [0.25, 0.3) is 10.9 Å². The number of fused-ring (bicyclic) bond motifs is 1. The average Bonchev–Trinajstić information content (AvgIpc) is 3.40. The Morgan fingerprint density at radius 2 is 1.76 bits per heavy atom. The standard InChI is InChI=1S/C32H34N2O4/c1-2-37-32(36)25-11-8-18-34(21-25)31(35)19-28(29-20-33-30-13-7-6-12-27(29)30)24-14-16-26(17-15-24)38-22-23-9-4-3-5-10-23/h3-7,9-10,12-17,20,25,28,33H,2,8,11,18-19,21-22H2,1H3. The van der Waals surface area contributed by atoms with Crippen molar-refractivity contribution >= 4 is 22.8 Å². The lowest BCUT2D eigenvalue weighted by molar-refractivity contribution is -0.151. The molecule has 1 N–H and O–H groups in total. The van der Waals surface area contributed by atoms with Crippen molar-refractivity contribution in [3.8, 4) is 5.75 Å². The van der Waals surface area contributed by atoms with Crippen LogP contribution in [0.2, 0.25) is 0 Å². The average molecular weight is 511 g/mol. The third-order valence-electron chi connectivity index (χ3n) is 7.30. The summed E-state index contributed by atoms with van der Waals surface area (Å²) in [5.41, 5.74) is 4.30. The van der Waals surface area contributed by atoms with Crippen LogP contribution >= 0.6 is 0 Å². The highest BCUT2D eigenvalue weighted by Gasteiger charge is 2.31. The molecule has 1 saturated heterocycles. The summed E-state index contributed by atoms with van der Waals surface area (Å²) < 4.78 is 11.2. The number of hydrogen-bond acceptors (Lipinski definition) is 4. The van der Waals surface area contributed by atoms with E-state index in [0.717, 1.165) is 46.2 Å². The molecule has 1 aliphatic rings. The van der Waals surface area contributed by atoms with E-state index < -0.39 is 0 Å². The van der Waals surface area contributed by atoms with Crippen molar-refractivity contribution in [2.24, 2.45) is 5.92 Å². The smallest absolute Gasteiger partial charge is 0.310 e. The van der Waals surface area contributed by atoms with Crippen LogP contribution < -0.4 is 4.74 Å². The number of carbonyl (C=O) groups excluding carboxylic acids is 2. The van der Waals surface area contributed by atoms with E-state index in [1.54, 1.807) is 0 Å². The molecule has 196 valence electrons. The first kappa shape index (κ1) is 25.6. The Labute approximate surface area is 223 Å². The molecular weight excluding hydrogens is 476 g/mol. The van der Waals surface area contributed by atoms with E-state index >= 15 is 0 Å². The minimum atomic E-state index is -0.250. The van der Waals surface area contributed by atoms with E-state index in [1.807, 2.05) is 78.7 Å². The zero-order chi connectivity index (χ0) is 26.3. The molecule has 6 heteroatoms. The number of carbonyl (C=O) groups is 2. The van der Waals surface area contributed by atoms with Crippen LogP contribution in [-0.4, -0.2) is 41.5 Å². The molecule has 2 atom stereocenters. The van der Waals surface area contributed by atoms with E-state index in [0.29, 0.717) is 32.7 Å². The summed E-state index contributed by atoms with van der Waals surface area (Å²) in [6.07, 6.45) is 3.90. The van der Waals surface area contributed by atoms with Crippen molar-refractivity contribution in [2.45, 2.75) is 38.7 Å². The third-order valence-corrected chi connectivity index (χ3v) is 7.30. The number of aromatic nitrogens is 1. The van der Waals surface area contributed by atoms with Crippen molar-refractivity contribution in [2.75, 3.05) is 19.7 Å². The molecule has 0 aliphatic carbocycles. The lowest BCUT2D eigenvalue weighted by Gasteiger charge is -2.32. The molecule has 5 rings (SSSR count). The summed E-state index contributed by atoms with van der Waals surface area (Å²) in [4.78, 5) is 31.2. The lowest BCUT2D eigenvalue weighted by Crippen LogP contribution is -2.43. The van der Waals surface area contributed by atoms with Gasteiger partial charge in [-0.1, -0.05) is 60.7 Å². The Morgan fingerprint density at radius 3 is 2.55 bits per heavy atom. The van der Waals surface area contributed by atoms with Gasteiger partial charge in [-0.25, -0.2) is 0 Å². The molecular formula is C32H34N2O4. The first-order chi connectivity index (χ1) is 18.6. The number of aromatic amines is 1. The molecule has 3 aromatic carbocycles. The molecule has 6 nitrogen and oxygen atoms in total. The van der Waals surface area contributed by atoms with Gasteiger partial charge in [0, 0.05) is 42.5 Å².